The van der Waals surface area contributed by atoms with Gasteiger partial charge in [-0.05, 0) is 29.6 Å². The molecule has 2 rings (SSSR count). The zero-order chi connectivity index (χ0) is 11.5. The number of aliphatic hydroxyl groups is 1. The van der Waals surface area contributed by atoms with Gasteiger partial charge in [-0.15, -0.1) is 11.3 Å². The number of rotatable bonds is 3. The lowest BCUT2D eigenvalue weighted by Crippen LogP contribution is -2.03. The molecule has 0 radical (unpaired) electrons. The highest BCUT2D eigenvalue weighted by atomic mass is 35.5. The largest absolute Gasteiger partial charge is 0.388 e. The number of thiophene rings is 1. The lowest BCUT2D eigenvalue weighted by atomic mass is 10.1. The van der Waals surface area contributed by atoms with E-state index in [-0.39, 0.29) is 5.56 Å². The summed E-state index contributed by atoms with van der Waals surface area (Å²) in [6.45, 7) is 0. The normalized spacial score (nSPS) is 12.7. The lowest BCUT2D eigenvalue weighted by molar-refractivity contribution is 0.174. The summed E-state index contributed by atoms with van der Waals surface area (Å²) < 4.78 is 13.4. The van der Waals surface area contributed by atoms with Crippen molar-refractivity contribution >= 4 is 22.9 Å². The quantitative estimate of drug-likeness (QED) is 0.885. The zero-order valence-corrected chi connectivity index (χ0v) is 9.93. The Morgan fingerprint density at radius 2 is 2.19 bits per heavy atom. The molecule has 0 amide bonds. The van der Waals surface area contributed by atoms with Crippen LogP contribution in [0.3, 0.4) is 0 Å². The van der Waals surface area contributed by atoms with Crippen molar-refractivity contribution in [2.75, 3.05) is 0 Å². The van der Waals surface area contributed by atoms with Gasteiger partial charge >= 0.3 is 0 Å². The minimum absolute atomic E-state index is 0.251. The summed E-state index contributed by atoms with van der Waals surface area (Å²) in [7, 11) is 0. The smallest absolute Gasteiger partial charge is 0.129 e. The van der Waals surface area contributed by atoms with E-state index in [1.807, 2.05) is 17.5 Å². The van der Waals surface area contributed by atoms with E-state index in [2.05, 4.69) is 0 Å². The lowest BCUT2D eigenvalue weighted by Gasteiger charge is -2.11. The molecule has 84 valence electrons. The number of aliphatic hydroxyl groups excluding tert-OH is 1. The average Bonchev–Trinajstić information content (AvgIpc) is 2.74. The number of halogens is 2. The highest BCUT2D eigenvalue weighted by molar-refractivity contribution is 7.09. The van der Waals surface area contributed by atoms with E-state index in [1.165, 1.54) is 18.2 Å². The molecule has 1 aromatic carbocycles. The maximum absolute atomic E-state index is 13.4. The predicted octanol–water partition coefficient (Wildman–Crippen LogP) is 3.82. The number of benzene rings is 1. The Labute approximate surface area is 102 Å². The first-order valence-corrected chi connectivity index (χ1v) is 6.08. The van der Waals surface area contributed by atoms with Crippen LogP contribution < -0.4 is 0 Å². The van der Waals surface area contributed by atoms with Gasteiger partial charge in [0, 0.05) is 21.9 Å². The monoisotopic (exact) mass is 256 g/mol. The van der Waals surface area contributed by atoms with Gasteiger partial charge in [0.2, 0.25) is 0 Å². The molecule has 1 atom stereocenters. The van der Waals surface area contributed by atoms with Crippen molar-refractivity contribution < 1.29 is 9.50 Å². The molecule has 4 heteroatoms. The molecule has 1 aromatic heterocycles. The molecule has 16 heavy (non-hydrogen) atoms. The molecule has 1 nitrogen and oxygen atoms in total. The van der Waals surface area contributed by atoms with Crippen LogP contribution in [0.25, 0.3) is 0 Å². The molecule has 0 aliphatic carbocycles. The topological polar surface area (TPSA) is 20.2 Å². The van der Waals surface area contributed by atoms with Crippen LogP contribution in [-0.2, 0) is 6.42 Å². The molecular weight excluding hydrogens is 247 g/mol. The van der Waals surface area contributed by atoms with Gasteiger partial charge in [0.1, 0.15) is 5.82 Å². The summed E-state index contributed by atoms with van der Waals surface area (Å²) in [5.74, 6) is -0.423. The van der Waals surface area contributed by atoms with E-state index < -0.39 is 11.9 Å². The van der Waals surface area contributed by atoms with Gasteiger partial charge in [-0.25, -0.2) is 4.39 Å². The first-order valence-electron chi connectivity index (χ1n) is 4.82. The molecule has 2 aromatic rings. The number of hydrogen-bond acceptors (Lipinski definition) is 2. The molecule has 0 saturated carbocycles. The van der Waals surface area contributed by atoms with Crippen LogP contribution in [0.1, 0.15) is 16.5 Å². The first kappa shape index (κ1) is 11.6. The summed E-state index contributed by atoms with van der Waals surface area (Å²) in [5, 5.41) is 12.3. The minimum atomic E-state index is -0.850. The number of hydrogen-bond donors (Lipinski definition) is 1. The molecular formula is C12H10ClFOS. The summed E-state index contributed by atoms with van der Waals surface area (Å²) in [5.41, 5.74) is 0.251. The molecule has 0 saturated heterocycles. The van der Waals surface area contributed by atoms with Crippen molar-refractivity contribution in [2.24, 2.45) is 0 Å². The summed E-state index contributed by atoms with van der Waals surface area (Å²) in [6.07, 6.45) is -0.438. The van der Waals surface area contributed by atoms with Gasteiger partial charge < -0.3 is 5.11 Å². The Hall–Kier alpha value is -0.900. The van der Waals surface area contributed by atoms with E-state index in [9.17, 15) is 9.50 Å². The summed E-state index contributed by atoms with van der Waals surface area (Å²) in [4.78, 5) is 1.02. The Morgan fingerprint density at radius 1 is 1.38 bits per heavy atom. The van der Waals surface area contributed by atoms with Gasteiger partial charge in [0.15, 0.2) is 0 Å². The van der Waals surface area contributed by atoms with E-state index >= 15 is 0 Å². The Morgan fingerprint density at radius 3 is 2.88 bits per heavy atom. The second-order valence-electron chi connectivity index (χ2n) is 3.47. The van der Waals surface area contributed by atoms with Crippen molar-refractivity contribution in [3.63, 3.8) is 0 Å². The third-order valence-electron chi connectivity index (χ3n) is 2.29. The maximum atomic E-state index is 13.4. The standard InChI is InChI=1S/C12H10ClFOS/c13-8-3-4-11(14)10(6-8)12(15)7-9-2-1-5-16-9/h1-6,12,15H,7H2. The Kier molecular flexibility index (Phi) is 3.59. The highest BCUT2D eigenvalue weighted by Gasteiger charge is 2.14. The molecule has 0 fully saturated rings. The van der Waals surface area contributed by atoms with Gasteiger partial charge in [0.25, 0.3) is 0 Å². The Bertz CT molecular complexity index is 470. The fourth-order valence-corrected chi connectivity index (χ4v) is 2.42. The van der Waals surface area contributed by atoms with Crippen LogP contribution in [-0.4, -0.2) is 5.11 Å². The van der Waals surface area contributed by atoms with E-state index in [1.54, 1.807) is 11.3 Å². The maximum Gasteiger partial charge on any atom is 0.129 e. The molecule has 1 N–H and O–H groups in total. The van der Waals surface area contributed by atoms with E-state index in [0.717, 1.165) is 4.88 Å². The minimum Gasteiger partial charge on any atom is -0.388 e. The second kappa shape index (κ2) is 4.95. The highest BCUT2D eigenvalue weighted by Crippen LogP contribution is 2.25. The SMILES string of the molecule is OC(Cc1cccs1)c1cc(Cl)ccc1F. The molecule has 0 aliphatic heterocycles. The van der Waals surface area contributed by atoms with Crippen LogP contribution in [0.2, 0.25) is 5.02 Å². The third kappa shape index (κ3) is 2.61. The van der Waals surface area contributed by atoms with Gasteiger partial charge in [-0.2, -0.15) is 0 Å². The Balaban J connectivity index is 2.20. The van der Waals surface area contributed by atoms with Crippen molar-refractivity contribution in [1.29, 1.82) is 0 Å². The van der Waals surface area contributed by atoms with Crippen LogP contribution >= 0.6 is 22.9 Å². The van der Waals surface area contributed by atoms with Crippen LogP contribution in [0.5, 0.6) is 0 Å². The van der Waals surface area contributed by atoms with Gasteiger partial charge in [0.05, 0.1) is 6.10 Å². The van der Waals surface area contributed by atoms with Crippen LogP contribution in [0, 0.1) is 5.82 Å². The van der Waals surface area contributed by atoms with Crippen molar-refractivity contribution in [3.8, 4) is 0 Å². The third-order valence-corrected chi connectivity index (χ3v) is 3.43. The molecule has 1 heterocycles. The van der Waals surface area contributed by atoms with Crippen molar-refractivity contribution in [3.05, 3.63) is 57.0 Å². The van der Waals surface area contributed by atoms with Gasteiger partial charge in [-0.3, -0.25) is 0 Å². The summed E-state index contributed by atoms with van der Waals surface area (Å²) in [6, 6.07) is 8.03. The van der Waals surface area contributed by atoms with E-state index in [4.69, 9.17) is 11.6 Å². The van der Waals surface area contributed by atoms with Crippen LogP contribution in [0.15, 0.2) is 35.7 Å². The molecule has 1 unspecified atom stereocenters. The molecule has 0 aliphatic rings. The van der Waals surface area contributed by atoms with Crippen LogP contribution in [0.4, 0.5) is 4.39 Å². The first-order chi connectivity index (χ1) is 7.66. The van der Waals surface area contributed by atoms with Crippen molar-refractivity contribution in [1.82, 2.24) is 0 Å². The van der Waals surface area contributed by atoms with E-state index in [0.29, 0.717) is 11.4 Å². The predicted molar refractivity (Wildman–Crippen MR) is 64.4 cm³/mol. The second-order valence-corrected chi connectivity index (χ2v) is 4.93. The fraction of sp³-hybridized carbons (Fsp3) is 0.167. The zero-order valence-electron chi connectivity index (χ0n) is 8.36. The summed E-state index contributed by atoms with van der Waals surface area (Å²) >= 11 is 7.31. The molecule has 0 spiro atoms. The average molecular weight is 257 g/mol. The fourth-order valence-electron chi connectivity index (χ4n) is 1.50. The molecule has 0 bridgehead atoms. The van der Waals surface area contributed by atoms with Gasteiger partial charge in [-0.1, -0.05) is 17.7 Å². The van der Waals surface area contributed by atoms with Crippen molar-refractivity contribution in [2.45, 2.75) is 12.5 Å².